The smallest absolute Gasteiger partial charge is 0.123 e. The molecule has 0 saturated carbocycles. The summed E-state index contributed by atoms with van der Waals surface area (Å²) in [5.74, 6) is 1.22. The van der Waals surface area contributed by atoms with Gasteiger partial charge < -0.3 is 4.90 Å². The summed E-state index contributed by atoms with van der Waals surface area (Å²) in [6.45, 7) is 1.13. The first kappa shape index (κ1) is 14.0. The molecule has 1 saturated heterocycles. The molecule has 3 atom stereocenters. The van der Waals surface area contributed by atoms with Gasteiger partial charge in [-0.25, -0.2) is 4.39 Å². The summed E-state index contributed by atoms with van der Waals surface area (Å²) in [6.07, 6.45) is 3.40. The number of nitrogens with zero attached hydrogens (tertiary/aromatic N) is 1. The van der Waals surface area contributed by atoms with Crippen molar-refractivity contribution in [3.05, 3.63) is 71.0 Å². The van der Waals surface area contributed by atoms with Crippen molar-refractivity contribution in [3.8, 4) is 0 Å². The van der Waals surface area contributed by atoms with Gasteiger partial charge in [0.25, 0.3) is 0 Å². The summed E-state index contributed by atoms with van der Waals surface area (Å²) in [5, 5.41) is 0. The lowest BCUT2D eigenvalue weighted by molar-refractivity contribution is 0.259. The lowest BCUT2D eigenvalue weighted by atomic mass is 9.74. The standard InChI is InChI=1S/C20H22FN/c1-22-13-19-17-8-3-2-6-15(17)9-10-18(19)20(22)12-14-5-4-7-16(21)11-14/h2-8,11,18-20H,9-10,12-13H2,1H3/t18?,19-,20-/m1/s1. The van der Waals surface area contributed by atoms with Crippen molar-refractivity contribution in [1.82, 2.24) is 4.90 Å². The van der Waals surface area contributed by atoms with E-state index in [1.165, 1.54) is 24.5 Å². The van der Waals surface area contributed by atoms with Crippen molar-refractivity contribution in [2.24, 2.45) is 5.92 Å². The van der Waals surface area contributed by atoms with Crippen molar-refractivity contribution in [2.45, 2.75) is 31.2 Å². The minimum Gasteiger partial charge on any atom is -0.302 e. The first-order chi connectivity index (χ1) is 10.7. The van der Waals surface area contributed by atoms with E-state index in [-0.39, 0.29) is 5.82 Å². The normalized spacial score (nSPS) is 27.5. The molecule has 1 heterocycles. The Morgan fingerprint density at radius 3 is 2.86 bits per heavy atom. The molecule has 1 fully saturated rings. The predicted molar refractivity (Wildman–Crippen MR) is 87.5 cm³/mol. The monoisotopic (exact) mass is 295 g/mol. The number of halogens is 1. The summed E-state index contributed by atoms with van der Waals surface area (Å²) in [7, 11) is 2.23. The Balaban J connectivity index is 1.61. The van der Waals surface area contributed by atoms with Crippen LogP contribution >= 0.6 is 0 Å². The zero-order valence-corrected chi connectivity index (χ0v) is 13.0. The molecule has 2 aliphatic rings. The largest absolute Gasteiger partial charge is 0.302 e. The average molecular weight is 295 g/mol. The lowest BCUT2D eigenvalue weighted by Gasteiger charge is -2.31. The number of likely N-dealkylation sites (tertiary alicyclic amines) is 1. The van der Waals surface area contributed by atoms with Gasteiger partial charge in [-0.05, 0) is 61.1 Å². The van der Waals surface area contributed by atoms with E-state index in [4.69, 9.17) is 0 Å². The van der Waals surface area contributed by atoms with E-state index in [2.05, 4.69) is 42.3 Å². The Hall–Kier alpha value is -1.67. The highest BCUT2D eigenvalue weighted by molar-refractivity contribution is 5.35. The average Bonchev–Trinajstić information content (AvgIpc) is 2.84. The summed E-state index contributed by atoms with van der Waals surface area (Å²) in [5.41, 5.74) is 4.20. The van der Waals surface area contributed by atoms with Gasteiger partial charge in [0.1, 0.15) is 5.82 Å². The third-order valence-corrected chi connectivity index (χ3v) is 5.60. The highest BCUT2D eigenvalue weighted by Gasteiger charge is 2.42. The van der Waals surface area contributed by atoms with Crippen LogP contribution in [0.25, 0.3) is 0 Å². The molecule has 2 aromatic carbocycles. The van der Waals surface area contributed by atoms with Crippen LogP contribution in [0.4, 0.5) is 4.39 Å². The fourth-order valence-corrected chi connectivity index (χ4v) is 4.56. The Morgan fingerprint density at radius 1 is 1.14 bits per heavy atom. The van der Waals surface area contributed by atoms with Crippen molar-refractivity contribution in [1.29, 1.82) is 0 Å². The van der Waals surface area contributed by atoms with Crippen LogP contribution in [0, 0.1) is 11.7 Å². The maximum absolute atomic E-state index is 13.5. The molecule has 0 bridgehead atoms. The second-order valence-corrected chi connectivity index (χ2v) is 6.85. The van der Waals surface area contributed by atoms with Crippen LogP contribution in [0.1, 0.15) is 29.0 Å². The molecule has 2 aromatic rings. The summed E-state index contributed by atoms with van der Waals surface area (Å²) < 4.78 is 13.5. The molecule has 114 valence electrons. The Morgan fingerprint density at radius 2 is 2.00 bits per heavy atom. The van der Waals surface area contributed by atoms with Gasteiger partial charge in [0.05, 0.1) is 0 Å². The Kier molecular flexibility index (Phi) is 3.50. The van der Waals surface area contributed by atoms with E-state index in [0.717, 1.165) is 18.5 Å². The molecule has 1 aliphatic carbocycles. The molecule has 1 aliphatic heterocycles. The maximum atomic E-state index is 13.5. The summed E-state index contributed by atoms with van der Waals surface area (Å²) in [4.78, 5) is 2.49. The van der Waals surface area contributed by atoms with Crippen LogP contribution in [0.15, 0.2) is 48.5 Å². The van der Waals surface area contributed by atoms with Crippen molar-refractivity contribution < 1.29 is 4.39 Å². The van der Waals surface area contributed by atoms with E-state index in [0.29, 0.717) is 17.9 Å². The molecule has 0 amide bonds. The van der Waals surface area contributed by atoms with Crippen molar-refractivity contribution in [2.75, 3.05) is 13.6 Å². The van der Waals surface area contributed by atoms with Crippen molar-refractivity contribution in [3.63, 3.8) is 0 Å². The molecule has 2 heteroatoms. The zero-order chi connectivity index (χ0) is 15.1. The van der Waals surface area contributed by atoms with E-state index >= 15 is 0 Å². The van der Waals surface area contributed by atoms with Gasteiger partial charge >= 0.3 is 0 Å². The fourth-order valence-electron chi connectivity index (χ4n) is 4.56. The van der Waals surface area contributed by atoms with Crippen LogP contribution in [-0.2, 0) is 12.8 Å². The molecule has 0 N–H and O–H groups in total. The van der Waals surface area contributed by atoms with Crippen molar-refractivity contribution >= 4 is 0 Å². The van der Waals surface area contributed by atoms with E-state index in [1.807, 2.05) is 6.07 Å². The Bertz CT molecular complexity index is 681. The molecule has 22 heavy (non-hydrogen) atoms. The van der Waals surface area contributed by atoms with Gasteiger partial charge in [-0.2, -0.15) is 0 Å². The summed E-state index contributed by atoms with van der Waals surface area (Å²) in [6, 6.07) is 16.5. The molecule has 0 spiro atoms. The van der Waals surface area contributed by atoms with Gasteiger partial charge in [-0.3, -0.25) is 0 Å². The first-order valence-electron chi connectivity index (χ1n) is 8.25. The molecule has 1 unspecified atom stereocenters. The van der Waals surface area contributed by atoms with Gasteiger partial charge in [-0.1, -0.05) is 36.4 Å². The van der Waals surface area contributed by atoms with Gasteiger partial charge in [0, 0.05) is 18.5 Å². The van der Waals surface area contributed by atoms with Gasteiger partial charge in [0.2, 0.25) is 0 Å². The van der Waals surface area contributed by atoms with Gasteiger partial charge in [0.15, 0.2) is 0 Å². The third kappa shape index (κ3) is 2.36. The number of benzene rings is 2. The third-order valence-electron chi connectivity index (χ3n) is 5.60. The topological polar surface area (TPSA) is 3.24 Å². The Labute approximate surface area is 131 Å². The molecule has 0 radical (unpaired) electrons. The number of rotatable bonds is 2. The molecular weight excluding hydrogens is 273 g/mol. The summed E-state index contributed by atoms with van der Waals surface area (Å²) >= 11 is 0. The minimum atomic E-state index is -0.122. The molecule has 0 aromatic heterocycles. The van der Waals surface area contributed by atoms with Crippen LogP contribution < -0.4 is 0 Å². The fraction of sp³-hybridized carbons (Fsp3) is 0.400. The molecular formula is C20H22FN. The highest BCUT2D eigenvalue weighted by Crippen LogP contribution is 2.45. The zero-order valence-electron chi connectivity index (χ0n) is 13.0. The predicted octanol–water partition coefficient (Wildman–Crippen LogP) is 4.03. The van der Waals surface area contributed by atoms with Crippen LogP contribution in [0.5, 0.6) is 0 Å². The maximum Gasteiger partial charge on any atom is 0.123 e. The first-order valence-corrected chi connectivity index (χ1v) is 8.25. The molecule has 1 nitrogen and oxygen atoms in total. The number of likely N-dealkylation sites (N-methyl/N-ethyl adjacent to an activating group) is 1. The van der Waals surface area contributed by atoms with E-state index in [9.17, 15) is 4.39 Å². The lowest BCUT2D eigenvalue weighted by Crippen LogP contribution is -2.32. The van der Waals surface area contributed by atoms with Gasteiger partial charge in [-0.15, -0.1) is 0 Å². The second kappa shape index (κ2) is 5.51. The minimum absolute atomic E-state index is 0.122. The highest BCUT2D eigenvalue weighted by atomic mass is 19.1. The van der Waals surface area contributed by atoms with E-state index < -0.39 is 0 Å². The second-order valence-electron chi connectivity index (χ2n) is 6.85. The quantitative estimate of drug-likeness (QED) is 0.808. The molecule has 4 rings (SSSR count). The van der Waals surface area contributed by atoms with Crippen LogP contribution in [0.3, 0.4) is 0 Å². The number of hydrogen-bond donors (Lipinski definition) is 0. The number of hydrogen-bond acceptors (Lipinski definition) is 1. The van der Waals surface area contributed by atoms with Crippen LogP contribution in [-0.4, -0.2) is 24.5 Å². The van der Waals surface area contributed by atoms with Crippen LogP contribution in [0.2, 0.25) is 0 Å². The van der Waals surface area contributed by atoms with E-state index in [1.54, 1.807) is 11.6 Å². The number of aryl methyl sites for hydroxylation is 1. The SMILES string of the molecule is CN1C[C@@H]2c3ccccc3CCC2[C@H]1Cc1cccc(F)c1. The number of fused-ring (bicyclic) bond motifs is 3.